The van der Waals surface area contributed by atoms with Crippen LogP contribution >= 0.6 is 0 Å². The van der Waals surface area contributed by atoms with Crippen LogP contribution in [-0.4, -0.2) is 17.8 Å². The van der Waals surface area contributed by atoms with Crippen LogP contribution in [-0.2, 0) is 10.1 Å². The van der Waals surface area contributed by atoms with Crippen LogP contribution in [0.4, 0.5) is 0 Å². The van der Waals surface area contributed by atoms with Crippen LogP contribution in [0.15, 0.2) is 34.6 Å². The topological polar surface area (TPSA) is 105 Å². The monoisotopic (exact) mass is 203 g/mol. The maximum absolute atomic E-state index is 10.9. The predicted molar refractivity (Wildman–Crippen MR) is 46.2 cm³/mol. The lowest BCUT2D eigenvalue weighted by atomic mass is 10.1. The Labute approximate surface area is 75.6 Å². The summed E-state index contributed by atoms with van der Waals surface area (Å²) >= 11 is 0. The second-order valence-corrected chi connectivity index (χ2v) is 4.09. The summed E-state index contributed by atoms with van der Waals surface area (Å²) in [7, 11) is -4.36. The van der Waals surface area contributed by atoms with E-state index in [1.165, 1.54) is 12.2 Å². The fourth-order valence-electron chi connectivity index (χ4n) is 0.988. The van der Waals surface area contributed by atoms with E-state index < -0.39 is 15.0 Å². The average Bonchev–Trinajstić information content (AvgIpc) is 2.04. The van der Waals surface area contributed by atoms with Crippen LogP contribution < -0.4 is 5.84 Å². The highest BCUT2D eigenvalue weighted by Crippen LogP contribution is 2.25. The van der Waals surface area contributed by atoms with Crippen molar-refractivity contribution in [1.29, 1.82) is 0 Å². The van der Waals surface area contributed by atoms with Crippen molar-refractivity contribution in [2.24, 2.45) is 16.2 Å². The van der Waals surface area contributed by atoms with Crippen molar-refractivity contribution in [3.8, 4) is 0 Å². The molecule has 3 N–H and O–H groups in total. The van der Waals surface area contributed by atoms with Crippen LogP contribution in [0.1, 0.15) is 6.42 Å². The third-order valence-electron chi connectivity index (χ3n) is 1.61. The van der Waals surface area contributed by atoms with Crippen molar-refractivity contribution < 1.29 is 13.0 Å². The Hall–Kier alpha value is -1.21. The molecule has 0 aromatic carbocycles. The van der Waals surface area contributed by atoms with E-state index in [2.05, 4.69) is 10.3 Å². The minimum absolute atomic E-state index is 0.595. The third kappa shape index (κ3) is 1.76. The molecule has 0 aromatic heterocycles. The van der Waals surface area contributed by atoms with Gasteiger partial charge in [-0.1, -0.05) is 17.4 Å². The maximum Gasteiger partial charge on any atom is 0.300 e. The normalized spacial score (nSPS) is 21.0. The SMILES string of the molecule is NN=NC1(S(=O)(=O)O)C=CCC=C1. The van der Waals surface area contributed by atoms with Gasteiger partial charge in [0.05, 0.1) is 0 Å². The summed E-state index contributed by atoms with van der Waals surface area (Å²) < 4.78 is 30.8. The highest BCUT2D eigenvalue weighted by atomic mass is 32.2. The van der Waals surface area contributed by atoms with E-state index in [4.69, 9.17) is 10.4 Å². The first-order valence-corrected chi connectivity index (χ1v) is 4.90. The molecule has 0 saturated heterocycles. The molecule has 0 saturated carbocycles. The number of hydrogen-bond acceptors (Lipinski definition) is 4. The molecular weight excluding hydrogens is 194 g/mol. The summed E-state index contributed by atoms with van der Waals surface area (Å²) in [6.07, 6.45) is 6.18. The zero-order valence-corrected chi connectivity index (χ0v) is 7.48. The summed E-state index contributed by atoms with van der Waals surface area (Å²) in [5, 5.41) is 6.16. The van der Waals surface area contributed by atoms with Crippen molar-refractivity contribution >= 4 is 10.1 Å². The Morgan fingerprint density at radius 3 is 2.31 bits per heavy atom. The van der Waals surface area contributed by atoms with Gasteiger partial charge in [0.25, 0.3) is 0 Å². The molecular formula is C6H9N3O3S. The summed E-state index contributed by atoms with van der Waals surface area (Å²) in [4.78, 5) is -1.83. The van der Waals surface area contributed by atoms with Crippen molar-refractivity contribution in [2.75, 3.05) is 0 Å². The summed E-state index contributed by atoms with van der Waals surface area (Å²) in [5.74, 6) is 4.76. The minimum Gasteiger partial charge on any atom is -0.305 e. The fourth-order valence-corrected chi connectivity index (χ4v) is 1.68. The smallest absolute Gasteiger partial charge is 0.300 e. The van der Waals surface area contributed by atoms with Crippen molar-refractivity contribution in [2.45, 2.75) is 11.3 Å². The standard InChI is InChI=1S/C6H9N3O3S/c7-9-8-6(13(10,11)12)4-2-1-3-5-6/h2-5H,1H2,(H2,7,8)(H,10,11,12). The predicted octanol–water partition coefficient (Wildman–Crippen LogP) is 0.413. The second kappa shape index (κ2) is 3.27. The summed E-state index contributed by atoms with van der Waals surface area (Å²) in [5.41, 5.74) is 0. The highest BCUT2D eigenvalue weighted by molar-refractivity contribution is 7.87. The van der Waals surface area contributed by atoms with E-state index >= 15 is 0 Å². The Morgan fingerprint density at radius 2 is 1.92 bits per heavy atom. The quantitative estimate of drug-likeness (QED) is 0.223. The van der Waals surface area contributed by atoms with Gasteiger partial charge in [0, 0.05) is 0 Å². The molecule has 0 heterocycles. The lowest BCUT2D eigenvalue weighted by Crippen LogP contribution is -2.32. The average molecular weight is 203 g/mol. The number of rotatable bonds is 2. The van der Waals surface area contributed by atoms with Gasteiger partial charge in [-0.25, -0.2) is 0 Å². The van der Waals surface area contributed by atoms with E-state index in [0.29, 0.717) is 6.42 Å². The van der Waals surface area contributed by atoms with Crippen molar-refractivity contribution in [3.63, 3.8) is 0 Å². The first kappa shape index (κ1) is 9.87. The zero-order valence-electron chi connectivity index (χ0n) is 6.66. The Bertz CT molecular complexity index is 351. The molecule has 7 heteroatoms. The Kier molecular flexibility index (Phi) is 2.48. The third-order valence-corrected chi connectivity index (χ3v) is 2.79. The Morgan fingerprint density at radius 1 is 1.38 bits per heavy atom. The van der Waals surface area contributed by atoms with Crippen molar-refractivity contribution in [3.05, 3.63) is 24.3 Å². The van der Waals surface area contributed by atoms with Gasteiger partial charge in [-0.3, -0.25) is 4.55 Å². The molecule has 0 aromatic rings. The number of allylic oxidation sites excluding steroid dienone is 2. The lowest BCUT2D eigenvalue weighted by molar-refractivity contribution is 0.459. The molecule has 0 radical (unpaired) electrons. The Balaban J connectivity index is 3.24. The molecule has 13 heavy (non-hydrogen) atoms. The molecule has 0 fully saturated rings. The molecule has 6 nitrogen and oxygen atoms in total. The molecule has 1 aliphatic carbocycles. The number of nitrogens with zero attached hydrogens (tertiary/aromatic N) is 2. The molecule has 0 spiro atoms. The van der Waals surface area contributed by atoms with E-state index in [1.54, 1.807) is 12.2 Å². The van der Waals surface area contributed by atoms with Crippen LogP contribution in [0.25, 0.3) is 0 Å². The summed E-state index contributed by atoms with van der Waals surface area (Å²) in [6.45, 7) is 0. The number of nitrogens with two attached hydrogens (primary N) is 1. The van der Waals surface area contributed by atoms with Gasteiger partial charge in [0.1, 0.15) is 0 Å². The molecule has 0 bridgehead atoms. The van der Waals surface area contributed by atoms with Gasteiger partial charge in [0.2, 0.25) is 4.87 Å². The van der Waals surface area contributed by atoms with E-state index in [0.717, 1.165) is 0 Å². The zero-order chi connectivity index (χ0) is 9.95. The lowest BCUT2D eigenvalue weighted by Gasteiger charge is -2.18. The van der Waals surface area contributed by atoms with E-state index in [-0.39, 0.29) is 0 Å². The molecule has 0 atom stereocenters. The number of hydrogen-bond donors (Lipinski definition) is 2. The van der Waals surface area contributed by atoms with Gasteiger partial charge in [-0.15, -0.1) is 5.11 Å². The first-order valence-electron chi connectivity index (χ1n) is 3.46. The molecule has 0 aliphatic heterocycles. The molecule has 0 amide bonds. The van der Waals surface area contributed by atoms with Gasteiger partial charge >= 0.3 is 10.1 Å². The second-order valence-electron chi connectivity index (χ2n) is 2.48. The van der Waals surface area contributed by atoms with Gasteiger partial charge in [-0.2, -0.15) is 8.42 Å². The summed E-state index contributed by atoms with van der Waals surface area (Å²) in [6, 6.07) is 0. The van der Waals surface area contributed by atoms with Crippen molar-refractivity contribution in [1.82, 2.24) is 0 Å². The van der Waals surface area contributed by atoms with Crippen LogP contribution in [0.5, 0.6) is 0 Å². The van der Waals surface area contributed by atoms with Gasteiger partial charge in [-0.05, 0) is 18.6 Å². The van der Waals surface area contributed by atoms with Crippen LogP contribution in [0.3, 0.4) is 0 Å². The minimum atomic E-state index is -4.36. The first-order chi connectivity index (χ1) is 6.02. The van der Waals surface area contributed by atoms with Gasteiger partial charge < -0.3 is 5.84 Å². The largest absolute Gasteiger partial charge is 0.305 e. The van der Waals surface area contributed by atoms with Crippen LogP contribution in [0, 0.1) is 0 Å². The van der Waals surface area contributed by atoms with E-state index in [1.807, 2.05) is 0 Å². The van der Waals surface area contributed by atoms with Gasteiger partial charge in [0.15, 0.2) is 0 Å². The fraction of sp³-hybridized carbons (Fsp3) is 0.333. The van der Waals surface area contributed by atoms with Crippen LogP contribution in [0.2, 0.25) is 0 Å². The molecule has 1 rings (SSSR count). The molecule has 1 aliphatic rings. The van der Waals surface area contributed by atoms with E-state index in [9.17, 15) is 8.42 Å². The molecule has 0 unspecified atom stereocenters. The maximum atomic E-state index is 10.9. The highest BCUT2D eigenvalue weighted by Gasteiger charge is 2.39. The molecule has 72 valence electrons.